The molecule has 0 saturated carbocycles. The van der Waals surface area contributed by atoms with Gasteiger partial charge in [0, 0.05) is 28.0 Å². The molecule has 2 aliphatic heterocycles. The Balaban J connectivity index is 1.04. The molecular weight excluding hydrogens is 899 g/mol. The Bertz CT molecular complexity index is 3770. The van der Waals surface area contributed by atoms with Gasteiger partial charge in [-0.25, -0.2) is 9.97 Å². The molecule has 1 spiro atoms. The van der Waals surface area contributed by atoms with Crippen LogP contribution in [0, 0.1) is 0 Å². The van der Waals surface area contributed by atoms with Crippen molar-refractivity contribution in [3.05, 3.63) is 261 Å². The summed E-state index contributed by atoms with van der Waals surface area (Å²) in [7, 11) is -5.94. The van der Waals surface area contributed by atoms with Gasteiger partial charge in [0.15, 0.2) is 22.0 Å². The summed E-state index contributed by atoms with van der Waals surface area (Å²) in [5.74, 6) is 4.92. The van der Waals surface area contributed by atoms with Gasteiger partial charge in [0.05, 0.1) is 16.7 Å². The first-order valence-electron chi connectivity index (χ1n) is 24.1. The highest BCUT2D eigenvalue weighted by Crippen LogP contribution is 2.38. The minimum Gasteiger partial charge on any atom is -0.458 e. The van der Waals surface area contributed by atoms with Gasteiger partial charge in [-0.05, 0) is 90.0 Å². The predicted molar refractivity (Wildman–Crippen MR) is 295 cm³/mol. The van der Waals surface area contributed by atoms with Gasteiger partial charge < -0.3 is 9.47 Å². The Morgan fingerprint density at radius 2 is 0.789 bits per heavy atom. The monoisotopic (exact) mass is 941 g/mol. The van der Waals surface area contributed by atoms with E-state index in [9.17, 15) is 0 Å². The Morgan fingerprint density at radius 3 is 1.32 bits per heavy atom. The van der Waals surface area contributed by atoms with Crippen LogP contribution in [-0.2, 0) is 0 Å². The van der Waals surface area contributed by atoms with Crippen molar-refractivity contribution in [2.24, 2.45) is 0 Å². The zero-order valence-corrected chi connectivity index (χ0v) is 40.5. The Morgan fingerprint density at radius 1 is 0.338 bits per heavy atom. The molecule has 0 saturated heterocycles. The lowest BCUT2D eigenvalue weighted by molar-refractivity contribution is 0.481. The normalized spacial score (nSPS) is 13.1. The molecule has 5 nitrogen and oxygen atoms in total. The van der Waals surface area contributed by atoms with Crippen molar-refractivity contribution in [2.75, 3.05) is 0 Å². The van der Waals surface area contributed by atoms with E-state index in [-0.39, 0.29) is 0 Å². The molecule has 14 rings (SSSR count). The summed E-state index contributed by atoms with van der Waals surface area (Å²) in [4.78, 5) is 11.2. The van der Waals surface area contributed by atoms with Crippen LogP contribution < -0.4 is 51.0 Å². The van der Waals surface area contributed by atoms with Gasteiger partial charge >= 0.3 is 0 Å². The van der Waals surface area contributed by atoms with Gasteiger partial charge in [-0.3, -0.25) is 4.57 Å². The maximum Gasteiger partial charge on any atom is 0.196 e. The van der Waals surface area contributed by atoms with Gasteiger partial charge in [0.1, 0.15) is 28.8 Å². The third-order valence-electron chi connectivity index (χ3n) is 14.7. The molecule has 10 aromatic carbocycles. The lowest BCUT2D eigenvalue weighted by Gasteiger charge is -2.43. The van der Waals surface area contributed by atoms with E-state index >= 15 is 0 Å². The zero-order chi connectivity index (χ0) is 46.9. The molecule has 334 valence electrons. The fourth-order valence-electron chi connectivity index (χ4n) is 11.7. The first-order chi connectivity index (χ1) is 35.2. The van der Waals surface area contributed by atoms with E-state index < -0.39 is 16.1 Å². The maximum absolute atomic E-state index is 6.91. The Labute approximate surface area is 413 Å². The van der Waals surface area contributed by atoms with Crippen LogP contribution in [0.5, 0.6) is 23.0 Å². The minimum atomic E-state index is -3.05. The zero-order valence-electron chi connectivity index (χ0n) is 38.5. The molecule has 0 radical (unpaired) electrons. The molecule has 12 aromatic rings. The van der Waals surface area contributed by atoms with Crippen molar-refractivity contribution in [3.8, 4) is 51.5 Å². The van der Waals surface area contributed by atoms with E-state index in [1.165, 1.54) is 47.1 Å². The molecule has 0 amide bonds. The highest BCUT2D eigenvalue weighted by Gasteiger charge is 2.53. The number of fused-ring (bicyclic) bond motifs is 11. The molecule has 0 fully saturated rings. The number of aromatic nitrogens is 3. The second kappa shape index (κ2) is 16.4. The standard InChI is InChI=1S/C64H43N3O2Si2/c1-4-22-46(23-5-1)70(47-24-6-2-7-25-47,48-26-8-3-9-27-48)49-28-20-21-45(41-49)64-65-52(43-63(66-64)67-53-31-12-10-29-50(53)51-30-11-13-32-54(51)67)44-39-40-58-62(42-44)71(61-38-19-16-35-57(61)69-58)59-36-17-14-33-55(59)68-56-34-15-18-37-60(56)71/h1-43H. The van der Waals surface area contributed by atoms with E-state index in [4.69, 9.17) is 19.4 Å². The van der Waals surface area contributed by atoms with Crippen molar-refractivity contribution >= 4 is 79.4 Å². The van der Waals surface area contributed by atoms with Crippen LogP contribution in [0.15, 0.2) is 261 Å². The van der Waals surface area contributed by atoms with Crippen molar-refractivity contribution in [1.29, 1.82) is 0 Å². The van der Waals surface area contributed by atoms with Gasteiger partial charge in [0.25, 0.3) is 0 Å². The van der Waals surface area contributed by atoms with Crippen molar-refractivity contribution < 1.29 is 9.47 Å². The molecule has 0 aliphatic carbocycles. The van der Waals surface area contributed by atoms with Crippen molar-refractivity contribution in [2.45, 2.75) is 0 Å². The lowest BCUT2D eigenvalue weighted by Crippen LogP contribution is -2.77. The largest absolute Gasteiger partial charge is 0.458 e. The van der Waals surface area contributed by atoms with Crippen LogP contribution >= 0.6 is 0 Å². The quantitative estimate of drug-likeness (QED) is 0.118. The van der Waals surface area contributed by atoms with E-state index in [0.29, 0.717) is 5.82 Å². The van der Waals surface area contributed by atoms with Gasteiger partial charge in [0.2, 0.25) is 0 Å². The van der Waals surface area contributed by atoms with Crippen molar-refractivity contribution in [1.82, 2.24) is 14.5 Å². The number of ether oxygens (including phenoxy) is 2. The molecule has 7 heteroatoms. The van der Waals surface area contributed by atoms with Crippen LogP contribution in [-0.4, -0.2) is 30.7 Å². The molecule has 0 atom stereocenters. The Kier molecular flexibility index (Phi) is 9.49. The molecular formula is C64H43N3O2Si2. The van der Waals surface area contributed by atoms with Gasteiger partial charge in [-0.15, -0.1) is 0 Å². The number of nitrogens with zero attached hydrogens (tertiary/aromatic N) is 3. The summed E-state index contributed by atoms with van der Waals surface area (Å²) >= 11 is 0. The molecule has 0 unspecified atom stereocenters. The summed E-state index contributed by atoms with van der Waals surface area (Å²) in [6.45, 7) is 0. The fraction of sp³-hybridized carbons (Fsp3) is 0. The highest BCUT2D eigenvalue weighted by atomic mass is 28.3. The third kappa shape index (κ3) is 6.23. The smallest absolute Gasteiger partial charge is 0.196 e. The van der Waals surface area contributed by atoms with Crippen LogP contribution in [0.3, 0.4) is 0 Å². The highest BCUT2D eigenvalue weighted by molar-refractivity contribution is 7.22. The summed E-state index contributed by atoms with van der Waals surface area (Å²) in [5, 5.41) is 12.3. The molecule has 0 bridgehead atoms. The summed E-state index contributed by atoms with van der Waals surface area (Å²) in [6.07, 6.45) is 0. The lowest BCUT2D eigenvalue weighted by atomic mass is 10.1. The third-order valence-corrected chi connectivity index (χ3v) is 24.3. The predicted octanol–water partition coefficient (Wildman–Crippen LogP) is 9.87. The van der Waals surface area contributed by atoms with E-state index in [1.807, 2.05) is 0 Å². The SMILES string of the molecule is c1ccc([Si](c2ccccc2)(c2ccccc2)c2cccc(-c3nc(-c4ccc5c(c4)[Si]4(c6ccccc6Oc6ccccc64)c4ccccc4O5)cc(-n4c5ccccc5c5ccccc54)n3)c2)cc1. The van der Waals surface area contributed by atoms with E-state index in [1.54, 1.807) is 0 Å². The number of hydrogen-bond donors (Lipinski definition) is 0. The minimum absolute atomic E-state index is 0.645. The first-order valence-corrected chi connectivity index (χ1v) is 28.1. The van der Waals surface area contributed by atoms with E-state index in [2.05, 4.69) is 265 Å². The van der Waals surface area contributed by atoms with Crippen LogP contribution in [0.4, 0.5) is 0 Å². The maximum atomic E-state index is 6.91. The van der Waals surface area contributed by atoms with Crippen LogP contribution in [0.1, 0.15) is 0 Å². The number of benzene rings is 10. The molecule has 0 N–H and O–H groups in total. The molecule has 2 aromatic heterocycles. The molecule has 2 aliphatic rings. The average molecular weight is 942 g/mol. The topological polar surface area (TPSA) is 49.2 Å². The van der Waals surface area contributed by atoms with Crippen LogP contribution in [0.25, 0.3) is 50.3 Å². The number of para-hydroxylation sites is 5. The van der Waals surface area contributed by atoms with Crippen molar-refractivity contribution in [3.63, 3.8) is 0 Å². The Hall–Kier alpha value is -8.89. The molecule has 4 heterocycles. The van der Waals surface area contributed by atoms with Gasteiger partial charge in [-0.2, -0.15) is 0 Å². The summed E-state index contributed by atoms with van der Waals surface area (Å²) < 4.78 is 16.0. The second-order valence-corrected chi connectivity index (χ2v) is 25.9. The second-order valence-electron chi connectivity index (χ2n) is 18.4. The summed E-state index contributed by atoms with van der Waals surface area (Å²) in [6, 6.07) is 94.0. The summed E-state index contributed by atoms with van der Waals surface area (Å²) in [5.41, 5.74) is 4.90. The van der Waals surface area contributed by atoms with E-state index in [0.717, 1.165) is 61.9 Å². The number of hydrogen-bond acceptors (Lipinski definition) is 4. The average Bonchev–Trinajstić information content (AvgIpc) is 3.78. The molecule has 71 heavy (non-hydrogen) atoms. The first kappa shape index (κ1) is 41.1. The van der Waals surface area contributed by atoms with Gasteiger partial charge in [-0.1, -0.05) is 206 Å². The fourth-order valence-corrected chi connectivity index (χ4v) is 21.7. The van der Waals surface area contributed by atoms with Crippen LogP contribution in [0.2, 0.25) is 0 Å². The number of rotatable bonds is 7.